The van der Waals surface area contributed by atoms with Crippen molar-refractivity contribution >= 4 is 22.9 Å². The van der Waals surface area contributed by atoms with Gasteiger partial charge in [0.2, 0.25) is 0 Å². The van der Waals surface area contributed by atoms with Crippen LogP contribution in [0, 0.1) is 5.92 Å². The number of hydrogen-bond donors (Lipinski definition) is 2. The first-order chi connectivity index (χ1) is 12.6. The van der Waals surface area contributed by atoms with E-state index in [2.05, 4.69) is 9.97 Å². The molecule has 27 heavy (non-hydrogen) atoms. The SMILES string of the molecule is CCn1c(=O)[nH]c(=O)c2c(C(=O)N(C)CC(C)C(=O)O)cc(C(C)C)nc21. The Hall–Kier alpha value is -2.97. The smallest absolute Gasteiger partial charge is 0.329 e. The van der Waals surface area contributed by atoms with E-state index in [1.54, 1.807) is 6.92 Å². The van der Waals surface area contributed by atoms with E-state index in [1.807, 2.05) is 13.8 Å². The lowest BCUT2D eigenvalue weighted by atomic mass is 10.0. The highest BCUT2D eigenvalue weighted by Crippen LogP contribution is 2.21. The van der Waals surface area contributed by atoms with Crippen LogP contribution in [0.3, 0.4) is 0 Å². The molecule has 1 unspecified atom stereocenters. The van der Waals surface area contributed by atoms with Crippen LogP contribution in [-0.4, -0.2) is 50.0 Å². The number of aromatic nitrogens is 3. The van der Waals surface area contributed by atoms with Crippen LogP contribution in [0.4, 0.5) is 0 Å². The largest absolute Gasteiger partial charge is 0.481 e. The predicted octanol–water partition coefficient (Wildman–Crippen LogP) is 1.02. The van der Waals surface area contributed by atoms with Crippen LogP contribution < -0.4 is 11.2 Å². The minimum absolute atomic E-state index is 0.0136. The van der Waals surface area contributed by atoms with Gasteiger partial charge in [-0.3, -0.25) is 23.9 Å². The third-order valence-electron chi connectivity index (χ3n) is 4.42. The molecular weight excluding hydrogens is 352 g/mol. The second-order valence-electron chi connectivity index (χ2n) is 6.88. The van der Waals surface area contributed by atoms with Crippen molar-refractivity contribution in [2.45, 2.75) is 40.2 Å². The summed E-state index contributed by atoms with van der Waals surface area (Å²) >= 11 is 0. The molecule has 0 aliphatic heterocycles. The Morgan fingerprint density at radius 1 is 1.30 bits per heavy atom. The number of fused-ring (bicyclic) bond motifs is 1. The normalized spacial score (nSPS) is 12.4. The minimum atomic E-state index is -1.02. The topological polar surface area (TPSA) is 125 Å². The van der Waals surface area contributed by atoms with E-state index in [0.29, 0.717) is 5.69 Å². The quantitative estimate of drug-likeness (QED) is 0.775. The van der Waals surface area contributed by atoms with E-state index in [4.69, 9.17) is 5.11 Å². The van der Waals surface area contributed by atoms with Crippen molar-refractivity contribution in [1.82, 2.24) is 19.4 Å². The second-order valence-corrected chi connectivity index (χ2v) is 6.88. The third kappa shape index (κ3) is 3.91. The lowest BCUT2D eigenvalue weighted by Gasteiger charge is -2.21. The van der Waals surface area contributed by atoms with E-state index in [0.717, 1.165) is 0 Å². The van der Waals surface area contributed by atoms with Crippen LogP contribution in [-0.2, 0) is 11.3 Å². The number of carbonyl (C=O) groups excluding carboxylic acids is 1. The summed E-state index contributed by atoms with van der Waals surface area (Å²) < 4.78 is 1.30. The highest BCUT2D eigenvalue weighted by Gasteiger charge is 2.24. The number of amides is 1. The molecule has 2 heterocycles. The molecule has 0 saturated heterocycles. The number of H-pyrrole nitrogens is 1. The number of hydrogen-bond acceptors (Lipinski definition) is 5. The van der Waals surface area contributed by atoms with Crippen LogP contribution in [0.15, 0.2) is 15.7 Å². The first kappa shape index (κ1) is 20.3. The van der Waals surface area contributed by atoms with E-state index in [-0.39, 0.29) is 35.6 Å². The zero-order valence-electron chi connectivity index (χ0n) is 16.1. The summed E-state index contributed by atoms with van der Waals surface area (Å²) in [4.78, 5) is 56.6. The van der Waals surface area contributed by atoms with Gasteiger partial charge >= 0.3 is 11.7 Å². The average molecular weight is 376 g/mol. The molecule has 0 saturated carbocycles. The number of aliphatic carboxylic acids is 1. The number of pyridine rings is 1. The van der Waals surface area contributed by atoms with Gasteiger partial charge in [0.1, 0.15) is 0 Å². The summed E-state index contributed by atoms with van der Waals surface area (Å²) in [6.45, 7) is 7.28. The van der Waals surface area contributed by atoms with E-state index in [1.165, 1.54) is 29.5 Å². The van der Waals surface area contributed by atoms with Crippen LogP contribution in [0.5, 0.6) is 0 Å². The Kier molecular flexibility index (Phi) is 5.82. The van der Waals surface area contributed by atoms with E-state index >= 15 is 0 Å². The van der Waals surface area contributed by atoms with Crippen molar-refractivity contribution in [3.8, 4) is 0 Å². The third-order valence-corrected chi connectivity index (χ3v) is 4.42. The van der Waals surface area contributed by atoms with Gasteiger partial charge in [-0.2, -0.15) is 0 Å². The van der Waals surface area contributed by atoms with Crippen molar-refractivity contribution in [3.05, 3.63) is 38.2 Å². The average Bonchev–Trinajstić information content (AvgIpc) is 2.59. The second kappa shape index (κ2) is 7.73. The van der Waals surface area contributed by atoms with Crippen molar-refractivity contribution in [2.24, 2.45) is 5.92 Å². The van der Waals surface area contributed by atoms with Crippen LogP contribution in [0.2, 0.25) is 0 Å². The van der Waals surface area contributed by atoms with E-state index < -0.39 is 29.0 Å². The molecule has 2 aromatic heterocycles. The highest BCUT2D eigenvalue weighted by atomic mass is 16.4. The van der Waals surface area contributed by atoms with E-state index in [9.17, 15) is 19.2 Å². The molecule has 9 heteroatoms. The molecule has 2 N–H and O–H groups in total. The first-order valence-electron chi connectivity index (χ1n) is 8.74. The maximum absolute atomic E-state index is 13.0. The Morgan fingerprint density at radius 2 is 1.93 bits per heavy atom. The molecule has 0 aliphatic carbocycles. The number of aromatic amines is 1. The number of carboxylic acids is 1. The van der Waals surface area contributed by atoms with Gasteiger partial charge in [-0.15, -0.1) is 0 Å². The zero-order valence-corrected chi connectivity index (χ0v) is 16.1. The molecular formula is C18H24N4O5. The van der Waals surface area contributed by atoms with Gasteiger partial charge < -0.3 is 10.0 Å². The Balaban J connectivity index is 2.74. The van der Waals surface area contributed by atoms with Crippen molar-refractivity contribution in [3.63, 3.8) is 0 Å². The van der Waals surface area contributed by atoms with Crippen LogP contribution in [0.1, 0.15) is 49.7 Å². The standard InChI is InChI=1S/C18H24N4O5/c1-6-22-14-13(15(23)20-18(22)27)11(7-12(19-14)9(2)3)16(24)21(5)8-10(4)17(25)26/h7,9-10H,6,8H2,1-5H3,(H,25,26)(H,20,23,27). The Morgan fingerprint density at radius 3 is 2.44 bits per heavy atom. The molecule has 0 bridgehead atoms. The van der Waals surface area contributed by atoms with Gasteiger partial charge in [0.15, 0.2) is 5.65 Å². The minimum Gasteiger partial charge on any atom is -0.481 e. The van der Waals surface area contributed by atoms with Gasteiger partial charge in [0, 0.05) is 25.8 Å². The molecule has 0 spiro atoms. The number of aryl methyl sites for hydroxylation is 1. The lowest BCUT2D eigenvalue weighted by Crippen LogP contribution is -2.36. The summed E-state index contributed by atoms with van der Waals surface area (Å²) in [6.07, 6.45) is 0. The summed E-state index contributed by atoms with van der Waals surface area (Å²) in [6, 6.07) is 1.54. The van der Waals surface area contributed by atoms with Crippen molar-refractivity contribution in [2.75, 3.05) is 13.6 Å². The van der Waals surface area contributed by atoms with Gasteiger partial charge in [-0.1, -0.05) is 20.8 Å². The molecule has 2 aromatic rings. The summed E-state index contributed by atoms with van der Waals surface area (Å²) in [7, 11) is 1.48. The van der Waals surface area contributed by atoms with Crippen molar-refractivity contribution < 1.29 is 14.7 Å². The molecule has 1 atom stereocenters. The van der Waals surface area contributed by atoms with Gasteiger partial charge in [0.25, 0.3) is 11.5 Å². The fourth-order valence-electron chi connectivity index (χ4n) is 2.83. The molecule has 1 amide bonds. The summed E-state index contributed by atoms with van der Waals surface area (Å²) in [5, 5.41) is 9.10. The maximum Gasteiger partial charge on any atom is 0.329 e. The lowest BCUT2D eigenvalue weighted by molar-refractivity contribution is -0.141. The maximum atomic E-state index is 13.0. The van der Waals surface area contributed by atoms with Gasteiger partial charge in [-0.25, -0.2) is 9.78 Å². The number of nitrogens with zero attached hydrogens (tertiary/aromatic N) is 3. The van der Waals surface area contributed by atoms with Crippen molar-refractivity contribution in [1.29, 1.82) is 0 Å². The molecule has 0 radical (unpaired) electrons. The zero-order chi connectivity index (χ0) is 20.5. The molecule has 146 valence electrons. The molecule has 0 fully saturated rings. The fourth-order valence-corrected chi connectivity index (χ4v) is 2.83. The molecule has 0 aromatic carbocycles. The fraction of sp³-hybridized carbons (Fsp3) is 0.500. The summed E-state index contributed by atoms with van der Waals surface area (Å²) in [5.41, 5.74) is -0.453. The first-order valence-corrected chi connectivity index (χ1v) is 8.74. The number of nitrogens with one attached hydrogen (secondary N) is 1. The Labute approximate surface area is 155 Å². The monoisotopic (exact) mass is 376 g/mol. The molecule has 9 nitrogen and oxygen atoms in total. The number of carbonyl (C=O) groups is 2. The predicted molar refractivity (Wildman–Crippen MR) is 100 cm³/mol. The van der Waals surface area contributed by atoms with Crippen LogP contribution in [0.25, 0.3) is 11.0 Å². The molecule has 2 rings (SSSR count). The highest BCUT2D eigenvalue weighted by molar-refractivity contribution is 6.05. The van der Waals surface area contributed by atoms with Gasteiger partial charge in [-0.05, 0) is 18.9 Å². The number of rotatable bonds is 6. The Bertz CT molecular complexity index is 1010. The summed E-state index contributed by atoms with van der Waals surface area (Å²) in [5.74, 6) is -2.31. The van der Waals surface area contributed by atoms with Crippen LogP contribution >= 0.6 is 0 Å². The van der Waals surface area contributed by atoms with Gasteiger partial charge in [0.05, 0.1) is 16.9 Å². The molecule has 0 aliphatic rings. The number of carboxylic acid groups (broad SMARTS) is 1.